The maximum absolute atomic E-state index is 17.4. The van der Waals surface area contributed by atoms with Crippen LogP contribution in [0.1, 0.15) is 33.1 Å². The summed E-state index contributed by atoms with van der Waals surface area (Å²) in [5.74, 6) is -2.74. The Morgan fingerprint density at radius 1 is 1.22 bits per heavy atom. The number of aliphatic hydroxyl groups excluding tert-OH is 2. The zero-order chi connectivity index (χ0) is 26.5. The van der Waals surface area contributed by atoms with Crippen molar-refractivity contribution >= 4 is 28.9 Å². The highest BCUT2D eigenvalue weighted by molar-refractivity contribution is 6.30. The standard InChI is InChI=1S/C28H30ClF2NO5/c1-25-8-7-18(34)10-21(25)22(30)11-20-19-9-15-13-32(17-5-3-16(29)4-6-17)37-28(15,24(36)14-33)26(19,2)12-23(35)27(20,25)31/h3-8,10,15,19-20,22-23,33,35H,9,11-14H2,1-2H3/t15-,19?,20-,22-,23-,25-,26-,27-,28-/m0/s1. The third kappa shape index (κ3) is 2.96. The number of carbonyl (C=O) groups is 2. The zero-order valence-electron chi connectivity index (χ0n) is 20.7. The number of hydrogen-bond acceptors (Lipinski definition) is 6. The second kappa shape index (κ2) is 7.94. The topological polar surface area (TPSA) is 87.1 Å². The van der Waals surface area contributed by atoms with Crippen molar-refractivity contribution in [3.05, 3.63) is 53.1 Å². The van der Waals surface area contributed by atoms with Crippen LogP contribution >= 0.6 is 11.6 Å². The average Bonchev–Trinajstić information content (AvgIpc) is 3.36. The minimum absolute atomic E-state index is 0.0610. The number of anilines is 1. The third-order valence-electron chi connectivity index (χ3n) is 10.3. The van der Waals surface area contributed by atoms with Gasteiger partial charge < -0.3 is 10.2 Å². The second-order valence-corrected chi connectivity index (χ2v) is 12.2. The Kier molecular flexibility index (Phi) is 5.40. The molecule has 0 aromatic heterocycles. The van der Waals surface area contributed by atoms with Crippen molar-refractivity contribution in [2.75, 3.05) is 18.2 Å². The van der Waals surface area contributed by atoms with Gasteiger partial charge in [-0.2, -0.15) is 0 Å². The molecular formula is C28H30ClF2NO5. The van der Waals surface area contributed by atoms with Gasteiger partial charge in [-0.25, -0.2) is 8.78 Å². The summed E-state index contributed by atoms with van der Waals surface area (Å²) < 4.78 is 33.0. The van der Waals surface area contributed by atoms with E-state index >= 15 is 8.78 Å². The van der Waals surface area contributed by atoms with Crippen molar-refractivity contribution < 1.29 is 33.4 Å². The van der Waals surface area contributed by atoms with Gasteiger partial charge in [-0.15, -0.1) is 0 Å². The van der Waals surface area contributed by atoms with E-state index in [1.54, 1.807) is 43.2 Å². The van der Waals surface area contributed by atoms with E-state index in [4.69, 9.17) is 16.4 Å². The molecule has 4 aliphatic carbocycles. The molecule has 1 heterocycles. The summed E-state index contributed by atoms with van der Waals surface area (Å²) in [5.41, 5.74) is -5.56. The summed E-state index contributed by atoms with van der Waals surface area (Å²) in [6.45, 7) is 2.91. The molecular weight excluding hydrogens is 504 g/mol. The maximum atomic E-state index is 17.4. The molecule has 1 unspecified atom stereocenters. The summed E-state index contributed by atoms with van der Waals surface area (Å²) >= 11 is 6.03. The first-order valence-corrected chi connectivity index (χ1v) is 13.1. The molecule has 1 aromatic carbocycles. The quantitative estimate of drug-likeness (QED) is 0.612. The number of allylic oxidation sites excluding steroid dienone is 4. The number of Topliss-reactive ketones (excluding diaryl/α,β-unsaturated/α-hetero) is 1. The minimum Gasteiger partial charge on any atom is -0.390 e. The van der Waals surface area contributed by atoms with Gasteiger partial charge in [0.1, 0.15) is 12.8 Å². The minimum atomic E-state index is -2.24. The number of benzene rings is 1. The molecule has 4 fully saturated rings. The number of hydrogen-bond donors (Lipinski definition) is 2. The van der Waals surface area contributed by atoms with Crippen molar-refractivity contribution in [3.63, 3.8) is 0 Å². The van der Waals surface area contributed by atoms with E-state index < -0.39 is 70.3 Å². The summed E-state index contributed by atoms with van der Waals surface area (Å²) in [6.07, 6.45) is 0.768. The summed E-state index contributed by atoms with van der Waals surface area (Å²) in [7, 11) is 0. The number of carbonyl (C=O) groups excluding carboxylic acids is 2. The van der Waals surface area contributed by atoms with Crippen molar-refractivity contribution in [1.29, 1.82) is 0 Å². The molecule has 0 amide bonds. The van der Waals surface area contributed by atoms with Crippen LogP contribution in [0.15, 0.2) is 48.1 Å². The Morgan fingerprint density at radius 3 is 2.59 bits per heavy atom. The molecule has 0 radical (unpaired) electrons. The highest BCUT2D eigenvalue weighted by Crippen LogP contribution is 2.72. The first kappa shape index (κ1) is 25.2. The van der Waals surface area contributed by atoms with Gasteiger partial charge in [0, 0.05) is 27.7 Å². The van der Waals surface area contributed by atoms with Crippen LogP contribution < -0.4 is 5.06 Å². The molecule has 5 aliphatic rings. The summed E-state index contributed by atoms with van der Waals surface area (Å²) in [4.78, 5) is 32.0. The monoisotopic (exact) mass is 533 g/mol. The second-order valence-electron chi connectivity index (χ2n) is 11.7. The highest BCUT2D eigenvalue weighted by atomic mass is 35.5. The average molecular weight is 534 g/mol. The molecule has 9 atom stereocenters. The molecule has 9 heteroatoms. The van der Waals surface area contributed by atoms with E-state index in [2.05, 4.69) is 0 Å². The first-order valence-electron chi connectivity index (χ1n) is 12.7. The highest BCUT2D eigenvalue weighted by Gasteiger charge is 2.79. The Hall–Kier alpha value is -2.13. The smallest absolute Gasteiger partial charge is 0.193 e. The fourth-order valence-electron chi connectivity index (χ4n) is 8.63. The van der Waals surface area contributed by atoms with Gasteiger partial charge in [-0.3, -0.25) is 19.5 Å². The van der Waals surface area contributed by atoms with Crippen molar-refractivity contribution in [2.24, 2.45) is 28.6 Å². The van der Waals surface area contributed by atoms with E-state index in [-0.39, 0.29) is 18.4 Å². The van der Waals surface area contributed by atoms with Crippen LogP contribution in [0.3, 0.4) is 0 Å². The van der Waals surface area contributed by atoms with Gasteiger partial charge in [0.2, 0.25) is 0 Å². The predicted octanol–water partition coefficient (Wildman–Crippen LogP) is 3.94. The molecule has 2 N–H and O–H groups in total. The van der Waals surface area contributed by atoms with Gasteiger partial charge in [-0.05, 0) is 74.1 Å². The predicted molar refractivity (Wildman–Crippen MR) is 132 cm³/mol. The number of alkyl halides is 2. The van der Waals surface area contributed by atoms with Gasteiger partial charge in [0.15, 0.2) is 22.8 Å². The largest absolute Gasteiger partial charge is 0.390 e. The van der Waals surface area contributed by atoms with Gasteiger partial charge in [0.05, 0.1) is 18.3 Å². The van der Waals surface area contributed by atoms with Crippen LogP contribution in [-0.4, -0.2) is 58.5 Å². The molecule has 0 spiro atoms. The zero-order valence-corrected chi connectivity index (χ0v) is 21.4. The van der Waals surface area contributed by atoms with E-state index in [1.807, 2.05) is 0 Å². The van der Waals surface area contributed by atoms with Crippen LogP contribution in [0, 0.1) is 28.6 Å². The molecule has 3 saturated carbocycles. The molecule has 37 heavy (non-hydrogen) atoms. The lowest BCUT2D eigenvalue weighted by atomic mass is 9.44. The first-order chi connectivity index (χ1) is 17.4. The van der Waals surface area contributed by atoms with E-state index in [1.165, 1.54) is 12.2 Å². The maximum Gasteiger partial charge on any atom is 0.193 e. The van der Waals surface area contributed by atoms with Crippen LogP contribution in [0.2, 0.25) is 5.02 Å². The number of hydroxylamine groups is 1. The van der Waals surface area contributed by atoms with Crippen molar-refractivity contribution in [2.45, 2.75) is 56.7 Å². The number of rotatable bonds is 3. The van der Waals surface area contributed by atoms with Crippen LogP contribution in [0.5, 0.6) is 0 Å². The number of halogens is 3. The van der Waals surface area contributed by atoms with E-state index in [0.29, 0.717) is 23.7 Å². The van der Waals surface area contributed by atoms with E-state index in [0.717, 1.165) is 6.08 Å². The molecule has 6 rings (SSSR count). The van der Waals surface area contributed by atoms with Crippen molar-refractivity contribution in [3.8, 4) is 0 Å². The number of aliphatic hydroxyl groups is 2. The normalized spacial score (nSPS) is 46.1. The summed E-state index contributed by atoms with van der Waals surface area (Å²) in [6, 6.07) is 6.95. The van der Waals surface area contributed by atoms with Gasteiger partial charge in [0.25, 0.3) is 0 Å². The lowest BCUT2D eigenvalue weighted by Gasteiger charge is -2.63. The number of fused-ring (bicyclic) bond motifs is 7. The van der Waals surface area contributed by atoms with E-state index in [9.17, 15) is 19.8 Å². The fourth-order valence-corrected chi connectivity index (χ4v) is 8.75. The lowest BCUT2D eigenvalue weighted by molar-refractivity contribution is -0.228. The van der Waals surface area contributed by atoms with Crippen LogP contribution in [-0.2, 0) is 14.4 Å². The van der Waals surface area contributed by atoms with Gasteiger partial charge >= 0.3 is 0 Å². The van der Waals surface area contributed by atoms with Crippen LogP contribution in [0.25, 0.3) is 0 Å². The third-order valence-corrected chi connectivity index (χ3v) is 10.5. The Bertz CT molecular complexity index is 1240. The fraction of sp³-hybridized carbons (Fsp3) is 0.571. The molecule has 1 saturated heterocycles. The molecule has 0 bridgehead atoms. The van der Waals surface area contributed by atoms with Crippen LogP contribution in [0.4, 0.5) is 14.5 Å². The van der Waals surface area contributed by atoms with Crippen molar-refractivity contribution in [1.82, 2.24) is 0 Å². The summed E-state index contributed by atoms with van der Waals surface area (Å²) in [5, 5.41) is 23.7. The Morgan fingerprint density at radius 2 is 1.92 bits per heavy atom. The number of nitrogens with zero attached hydrogens (tertiary/aromatic N) is 1. The number of ketones is 2. The van der Waals surface area contributed by atoms with Gasteiger partial charge in [-0.1, -0.05) is 24.6 Å². The Labute approximate surface area is 218 Å². The molecule has 198 valence electrons. The SMILES string of the molecule is C[C@]12C=CC(=O)C=C1[C@@H](F)C[C@H]1C3C[C@H]4CN(c5ccc(Cl)cc5)O[C@@]4(C(=O)CO)[C@@]3(C)C[C@H](O)[C@@]12F. The molecule has 6 nitrogen and oxygen atoms in total. The lowest BCUT2D eigenvalue weighted by Crippen LogP contribution is -2.70. The molecule has 1 aromatic rings. The molecule has 1 aliphatic heterocycles. The Balaban J connectivity index is 1.44.